The van der Waals surface area contributed by atoms with E-state index in [0.29, 0.717) is 6.42 Å². The van der Waals surface area contributed by atoms with E-state index in [-0.39, 0.29) is 25.7 Å². The van der Waals surface area contributed by atoms with Crippen molar-refractivity contribution in [3.05, 3.63) is 101 Å². The molecule has 1 saturated heterocycles. The molecular formula is C33H38BNO5. The van der Waals surface area contributed by atoms with E-state index in [4.69, 9.17) is 14.0 Å². The van der Waals surface area contributed by atoms with Gasteiger partial charge in [0.1, 0.15) is 6.61 Å². The molecule has 3 aromatic rings. The number of hydrogen-bond acceptors (Lipinski definition) is 5. The lowest BCUT2D eigenvalue weighted by atomic mass is 9.76. The third kappa shape index (κ3) is 5.73. The molecule has 1 fully saturated rings. The molecule has 0 saturated carbocycles. The summed E-state index contributed by atoms with van der Waals surface area (Å²) in [6.45, 7) is 8.64. The number of rotatable bonds is 9. The summed E-state index contributed by atoms with van der Waals surface area (Å²) in [4.78, 5) is 13.0. The molecule has 2 aliphatic rings. The number of fused-ring (bicyclic) bond motifs is 3. The molecule has 2 N–H and O–H groups in total. The van der Waals surface area contributed by atoms with E-state index in [1.165, 1.54) is 22.3 Å². The maximum atomic E-state index is 13.0. The van der Waals surface area contributed by atoms with Crippen LogP contribution in [0.15, 0.2) is 78.3 Å². The molecule has 6 nitrogen and oxygen atoms in total. The molecule has 0 radical (unpaired) electrons. The Kier molecular flexibility index (Phi) is 8.18. The fraction of sp³-hybridized carbons (Fsp3) is 0.364. The summed E-state index contributed by atoms with van der Waals surface area (Å²) in [6, 6.07) is 24.6. The summed E-state index contributed by atoms with van der Waals surface area (Å²) in [5.41, 5.74) is 6.62. The number of carbonyl (C=O) groups excluding carboxylic acids is 1. The first-order valence-corrected chi connectivity index (χ1v) is 14.0. The highest BCUT2D eigenvalue weighted by Gasteiger charge is 2.52. The SMILES string of the molecule is CC1(C)OB(C(=Cc2ccccc2CCCO)CNC(=O)OCC2c3ccccc3-c3ccccc32)OC1(C)C. The Morgan fingerprint density at radius 1 is 0.925 bits per heavy atom. The van der Waals surface area contributed by atoms with Crippen molar-refractivity contribution in [3.63, 3.8) is 0 Å². The molecule has 208 valence electrons. The summed E-state index contributed by atoms with van der Waals surface area (Å²) < 4.78 is 18.5. The molecule has 5 rings (SSSR count). The van der Waals surface area contributed by atoms with Crippen LogP contribution in [0.3, 0.4) is 0 Å². The number of aliphatic hydroxyl groups excluding tert-OH is 1. The molecule has 1 heterocycles. The number of ether oxygens (including phenoxy) is 1. The van der Waals surface area contributed by atoms with Gasteiger partial charge in [-0.2, -0.15) is 0 Å². The largest absolute Gasteiger partial charge is 0.492 e. The molecular weight excluding hydrogens is 501 g/mol. The van der Waals surface area contributed by atoms with E-state index in [0.717, 1.165) is 23.0 Å². The van der Waals surface area contributed by atoms with Crippen molar-refractivity contribution >= 4 is 19.3 Å². The van der Waals surface area contributed by atoms with E-state index in [2.05, 4.69) is 35.6 Å². The monoisotopic (exact) mass is 539 g/mol. The first kappa shape index (κ1) is 28.2. The van der Waals surface area contributed by atoms with Crippen molar-refractivity contribution in [1.82, 2.24) is 5.32 Å². The molecule has 1 aliphatic heterocycles. The van der Waals surface area contributed by atoms with Crippen LogP contribution in [-0.4, -0.2) is 49.3 Å². The summed E-state index contributed by atoms with van der Waals surface area (Å²) in [6.07, 6.45) is 2.96. The Hall–Kier alpha value is -3.39. The summed E-state index contributed by atoms with van der Waals surface area (Å²) in [5.74, 6) is -0.00494. The van der Waals surface area contributed by atoms with E-state index in [1.54, 1.807) is 0 Å². The third-order valence-electron chi connectivity index (χ3n) is 8.34. The van der Waals surface area contributed by atoms with Crippen molar-refractivity contribution in [2.24, 2.45) is 0 Å². The minimum absolute atomic E-state index is 0.00494. The Bertz CT molecular complexity index is 1340. The zero-order chi connectivity index (χ0) is 28.3. The normalized spacial score (nSPS) is 17.4. The third-order valence-corrected chi connectivity index (χ3v) is 8.34. The van der Waals surface area contributed by atoms with Gasteiger partial charge in [-0.25, -0.2) is 4.79 Å². The molecule has 0 aromatic heterocycles. The first-order valence-electron chi connectivity index (χ1n) is 14.0. The summed E-state index contributed by atoms with van der Waals surface area (Å²) in [5, 5.41) is 12.3. The Labute approximate surface area is 237 Å². The van der Waals surface area contributed by atoms with Crippen LogP contribution in [0.5, 0.6) is 0 Å². The molecule has 1 aliphatic carbocycles. The Morgan fingerprint density at radius 2 is 1.50 bits per heavy atom. The molecule has 40 heavy (non-hydrogen) atoms. The molecule has 0 bridgehead atoms. The van der Waals surface area contributed by atoms with Gasteiger partial charge in [0.25, 0.3) is 0 Å². The number of nitrogens with one attached hydrogen (secondary N) is 1. The molecule has 1 amide bonds. The minimum atomic E-state index is -0.621. The zero-order valence-electron chi connectivity index (χ0n) is 23.8. The van der Waals surface area contributed by atoms with Crippen LogP contribution in [0.4, 0.5) is 4.79 Å². The van der Waals surface area contributed by atoms with Gasteiger partial charge < -0.3 is 24.5 Å². The number of aliphatic hydroxyl groups is 1. The van der Waals surface area contributed by atoms with Gasteiger partial charge >= 0.3 is 13.2 Å². The smallest absolute Gasteiger partial charge is 0.449 e. The highest BCUT2D eigenvalue weighted by Crippen LogP contribution is 2.44. The van der Waals surface area contributed by atoms with Crippen LogP contribution < -0.4 is 5.32 Å². The second-order valence-electron chi connectivity index (χ2n) is 11.5. The van der Waals surface area contributed by atoms with Gasteiger partial charge in [0.2, 0.25) is 0 Å². The molecule has 0 spiro atoms. The first-order chi connectivity index (χ1) is 19.2. The molecule has 0 atom stereocenters. The van der Waals surface area contributed by atoms with Gasteiger partial charge in [-0.1, -0.05) is 78.9 Å². The number of amides is 1. The van der Waals surface area contributed by atoms with Crippen LogP contribution in [0.2, 0.25) is 0 Å². The lowest BCUT2D eigenvalue weighted by Gasteiger charge is -2.32. The number of aryl methyl sites for hydroxylation is 1. The fourth-order valence-corrected chi connectivity index (χ4v) is 5.39. The maximum absolute atomic E-state index is 13.0. The quantitative estimate of drug-likeness (QED) is 0.319. The zero-order valence-corrected chi connectivity index (χ0v) is 23.8. The van der Waals surface area contributed by atoms with E-state index < -0.39 is 24.4 Å². The number of hydrogen-bond donors (Lipinski definition) is 2. The van der Waals surface area contributed by atoms with E-state index in [1.807, 2.05) is 76.2 Å². The van der Waals surface area contributed by atoms with Crippen LogP contribution >= 0.6 is 0 Å². The van der Waals surface area contributed by atoms with Gasteiger partial charge in [-0.15, -0.1) is 0 Å². The predicted octanol–water partition coefficient (Wildman–Crippen LogP) is 6.17. The second-order valence-corrected chi connectivity index (χ2v) is 11.5. The van der Waals surface area contributed by atoms with Gasteiger partial charge in [-0.3, -0.25) is 0 Å². The van der Waals surface area contributed by atoms with Gasteiger partial charge in [0, 0.05) is 19.1 Å². The fourth-order valence-electron chi connectivity index (χ4n) is 5.39. The van der Waals surface area contributed by atoms with Crippen molar-refractivity contribution < 1.29 is 23.9 Å². The second kappa shape index (κ2) is 11.6. The lowest BCUT2D eigenvalue weighted by Crippen LogP contribution is -2.41. The predicted molar refractivity (Wildman–Crippen MR) is 159 cm³/mol. The molecule has 7 heteroatoms. The average Bonchev–Trinajstić information content (AvgIpc) is 3.38. The van der Waals surface area contributed by atoms with Crippen LogP contribution in [0.1, 0.15) is 62.3 Å². The van der Waals surface area contributed by atoms with Crippen LogP contribution in [0, 0.1) is 0 Å². The highest BCUT2D eigenvalue weighted by molar-refractivity contribution is 6.56. The Morgan fingerprint density at radius 3 is 2.12 bits per heavy atom. The molecule has 0 unspecified atom stereocenters. The highest BCUT2D eigenvalue weighted by atomic mass is 16.7. The number of carbonyl (C=O) groups is 1. The number of benzene rings is 3. The Balaban J connectivity index is 1.32. The molecule has 3 aromatic carbocycles. The lowest BCUT2D eigenvalue weighted by molar-refractivity contribution is 0.00578. The van der Waals surface area contributed by atoms with Crippen molar-refractivity contribution in [2.45, 2.75) is 57.7 Å². The number of alkyl carbamates (subject to hydrolysis) is 1. The summed E-state index contributed by atoms with van der Waals surface area (Å²) in [7, 11) is -0.621. The maximum Gasteiger partial charge on any atom is 0.492 e. The standard InChI is InChI=1S/C33H38BNO5/c1-32(2)33(3,4)40-34(39-32)25(20-24-13-6-5-12-23(24)14-11-19-36)21-35-31(37)38-22-30-28-17-9-7-15-26(28)27-16-8-10-18-29(27)30/h5-10,12-13,15-18,20,30,36H,11,14,19,21-22H2,1-4H3,(H,35,37). The van der Waals surface area contributed by atoms with E-state index >= 15 is 0 Å². The van der Waals surface area contributed by atoms with Gasteiger partial charge in [-0.05, 0) is 79.4 Å². The van der Waals surface area contributed by atoms with Crippen molar-refractivity contribution in [2.75, 3.05) is 19.8 Å². The topological polar surface area (TPSA) is 77.0 Å². The van der Waals surface area contributed by atoms with Gasteiger partial charge in [0.05, 0.1) is 11.2 Å². The van der Waals surface area contributed by atoms with E-state index in [9.17, 15) is 9.90 Å². The average molecular weight is 539 g/mol. The van der Waals surface area contributed by atoms with Crippen molar-refractivity contribution in [1.29, 1.82) is 0 Å². The van der Waals surface area contributed by atoms with Crippen molar-refractivity contribution in [3.8, 4) is 11.1 Å². The van der Waals surface area contributed by atoms with Crippen LogP contribution in [-0.2, 0) is 20.5 Å². The minimum Gasteiger partial charge on any atom is -0.449 e. The summed E-state index contributed by atoms with van der Waals surface area (Å²) >= 11 is 0. The van der Waals surface area contributed by atoms with Crippen LogP contribution in [0.25, 0.3) is 17.2 Å². The van der Waals surface area contributed by atoms with Gasteiger partial charge in [0.15, 0.2) is 0 Å².